The molecule has 78 valence electrons. The zero-order chi connectivity index (χ0) is 11.6. The van der Waals surface area contributed by atoms with E-state index in [0.717, 1.165) is 6.07 Å². The third-order valence-electron chi connectivity index (χ3n) is 1.58. The zero-order valence-electron chi connectivity index (χ0n) is 7.04. The number of nitrogens with zero attached hydrogens (tertiary/aromatic N) is 2. The number of aromatic nitrogens is 1. The van der Waals surface area contributed by atoms with Gasteiger partial charge in [-0.05, 0) is 6.07 Å². The maximum atomic E-state index is 12.4. The van der Waals surface area contributed by atoms with Gasteiger partial charge >= 0.3 is 5.97 Å². The Bertz CT molecular complexity index is 457. The first-order valence-electron chi connectivity index (χ1n) is 3.59. The molecule has 0 bridgehead atoms. The third-order valence-corrected chi connectivity index (χ3v) is 1.86. The molecule has 1 N–H and O–H groups in total. The zero-order valence-corrected chi connectivity index (χ0v) is 7.79. The van der Waals surface area contributed by atoms with E-state index in [0.29, 0.717) is 0 Å². The minimum atomic E-state index is -3.05. The molecule has 1 aromatic heterocycles. The number of pyridine rings is 1. The molecular weight excluding hydrogens is 230 g/mol. The summed E-state index contributed by atoms with van der Waals surface area (Å²) in [6, 6.07) is 2.29. The minimum absolute atomic E-state index is 0.318. The van der Waals surface area contributed by atoms with Crippen molar-refractivity contribution in [2.45, 2.75) is 6.43 Å². The topological polar surface area (TPSA) is 74.0 Å². The number of hydrogen-bond donors (Lipinski definition) is 1. The maximum absolute atomic E-state index is 12.4. The van der Waals surface area contributed by atoms with E-state index in [9.17, 15) is 13.6 Å². The van der Waals surface area contributed by atoms with Gasteiger partial charge in [0.15, 0.2) is 0 Å². The van der Waals surface area contributed by atoms with Crippen molar-refractivity contribution >= 4 is 17.6 Å². The molecule has 7 heteroatoms. The van der Waals surface area contributed by atoms with Gasteiger partial charge in [-0.3, -0.25) is 0 Å². The van der Waals surface area contributed by atoms with Crippen molar-refractivity contribution in [2.75, 3.05) is 0 Å². The Morgan fingerprint density at radius 2 is 2.27 bits per heavy atom. The molecule has 0 aromatic carbocycles. The van der Waals surface area contributed by atoms with Gasteiger partial charge in [-0.15, -0.1) is 0 Å². The van der Waals surface area contributed by atoms with Gasteiger partial charge in [-0.25, -0.2) is 18.6 Å². The maximum Gasteiger partial charge on any atom is 0.336 e. The SMILES string of the molecule is N#Cc1cc(C(=O)O)c(C(F)F)c(Cl)n1. The fraction of sp³-hybridized carbons (Fsp3) is 0.125. The first kappa shape index (κ1) is 11.3. The molecule has 0 saturated carbocycles. The molecule has 0 atom stereocenters. The Hall–Kier alpha value is -1.74. The molecule has 0 amide bonds. The van der Waals surface area contributed by atoms with Crippen LogP contribution in [-0.4, -0.2) is 16.1 Å². The van der Waals surface area contributed by atoms with E-state index in [4.69, 9.17) is 22.0 Å². The van der Waals surface area contributed by atoms with Crippen LogP contribution in [0.5, 0.6) is 0 Å². The predicted octanol–water partition coefficient (Wildman–Crippen LogP) is 2.24. The van der Waals surface area contributed by atoms with E-state index in [1.165, 1.54) is 6.07 Å². The van der Waals surface area contributed by atoms with E-state index >= 15 is 0 Å². The number of nitriles is 1. The highest BCUT2D eigenvalue weighted by Crippen LogP contribution is 2.29. The van der Waals surface area contributed by atoms with Crippen molar-refractivity contribution in [1.29, 1.82) is 5.26 Å². The van der Waals surface area contributed by atoms with Crippen molar-refractivity contribution in [1.82, 2.24) is 4.98 Å². The number of carboxylic acid groups (broad SMARTS) is 1. The monoisotopic (exact) mass is 232 g/mol. The molecule has 1 rings (SSSR count). The van der Waals surface area contributed by atoms with Crippen LogP contribution in [0, 0.1) is 11.3 Å². The molecular formula is C8H3ClF2N2O2. The number of rotatable bonds is 2. The fourth-order valence-corrected chi connectivity index (χ4v) is 1.24. The lowest BCUT2D eigenvalue weighted by molar-refractivity contribution is 0.0684. The van der Waals surface area contributed by atoms with E-state index in [2.05, 4.69) is 4.98 Å². The summed E-state index contributed by atoms with van der Waals surface area (Å²) in [4.78, 5) is 13.9. The fourth-order valence-electron chi connectivity index (χ4n) is 0.966. The van der Waals surface area contributed by atoms with Crippen LogP contribution in [-0.2, 0) is 0 Å². The van der Waals surface area contributed by atoms with Gasteiger partial charge in [0, 0.05) is 0 Å². The smallest absolute Gasteiger partial charge is 0.336 e. The van der Waals surface area contributed by atoms with E-state index in [1.54, 1.807) is 0 Å². The summed E-state index contributed by atoms with van der Waals surface area (Å²) in [6.45, 7) is 0. The van der Waals surface area contributed by atoms with Crippen molar-refractivity contribution in [3.05, 3.63) is 28.0 Å². The summed E-state index contributed by atoms with van der Waals surface area (Å²) < 4.78 is 24.8. The summed E-state index contributed by atoms with van der Waals surface area (Å²) in [5.41, 5.74) is -1.90. The quantitative estimate of drug-likeness (QED) is 0.794. The molecule has 0 aliphatic rings. The lowest BCUT2D eigenvalue weighted by atomic mass is 10.1. The number of aromatic carboxylic acids is 1. The molecule has 0 unspecified atom stereocenters. The molecule has 0 aliphatic carbocycles. The van der Waals surface area contributed by atoms with Gasteiger partial charge in [-0.1, -0.05) is 11.6 Å². The van der Waals surface area contributed by atoms with Crippen LogP contribution in [0.2, 0.25) is 5.15 Å². The Kier molecular flexibility index (Phi) is 3.17. The van der Waals surface area contributed by atoms with Crippen LogP contribution in [0.15, 0.2) is 6.07 Å². The van der Waals surface area contributed by atoms with E-state index in [1.807, 2.05) is 0 Å². The summed E-state index contributed by atoms with van der Waals surface area (Å²) >= 11 is 5.35. The molecule has 4 nitrogen and oxygen atoms in total. The van der Waals surface area contributed by atoms with Gasteiger partial charge < -0.3 is 5.11 Å². The van der Waals surface area contributed by atoms with E-state index in [-0.39, 0.29) is 5.69 Å². The summed E-state index contributed by atoms with van der Waals surface area (Å²) in [5, 5.41) is 16.4. The number of carbonyl (C=O) groups is 1. The Morgan fingerprint density at radius 3 is 2.67 bits per heavy atom. The lowest BCUT2D eigenvalue weighted by Gasteiger charge is -2.06. The van der Waals surface area contributed by atoms with E-state index < -0.39 is 28.7 Å². The normalized spacial score (nSPS) is 10.1. The van der Waals surface area contributed by atoms with Crippen LogP contribution < -0.4 is 0 Å². The van der Waals surface area contributed by atoms with Crippen LogP contribution in [0.4, 0.5) is 8.78 Å². The van der Waals surface area contributed by atoms with Crippen molar-refractivity contribution < 1.29 is 18.7 Å². The standard InChI is InChI=1S/C8H3ClF2N2O2/c9-6-5(7(10)11)4(8(14)15)1-3(2-12)13-6/h1,7H,(H,14,15). The number of halogens is 3. The average Bonchev–Trinajstić information content (AvgIpc) is 2.15. The van der Waals surface area contributed by atoms with Crippen LogP contribution >= 0.6 is 11.6 Å². The number of hydrogen-bond acceptors (Lipinski definition) is 3. The largest absolute Gasteiger partial charge is 0.478 e. The molecule has 0 spiro atoms. The van der Waals surface area contributed by atoms with Gasteiger partial charge in [-0.2, -0.15) is 5.26 Å². The highest BCUT2D eigenvalue weighted by molar-refractivity contribution is 6.30. The van der Waals surface area contributed by atoms with Crippen molar-refractivity contribution in [3.63, 3.8) is 0 Å². The molecule has 1 aromatic rings. The van der Waals surface area contributed by atoms with Crippen molar-refractivity contribution in [3.8, 4) is 6.07 Å². The summed E-state index contributed by atoms with van der Waals surface area (Å²) in [6.07, 6.45) is -3.05. The summed E-state index contributed by atoms with van der Waals surface area (Å²) in [7, 11) is 0. The molecule has 15 heavy (non-hydrogen) atoms. The molecule has 1 heterocycles. The molecule has 0 fully saturated rings. The second-order valence-electron chi connectivity index (χ2n) is 2.48. The Morgan fingerprint density at radius 1 is 1.67 bits per heavy atom. The van der Waals surface area contributed by atoms with Crippen LogP contribution in [0.1, 0.15) is 28.0 Å². The Balaban J connectivity index is 3.51. The van der Waals surface area contributed by atoms with Crippen LogP contribution in [0.25, 0.3) is 0 Å². The number of carboxylic acids is 1. The van der Waals surface area contributed by atoms with Gasteiger partial charge in [0.05, 0.1) is 11.1 Å². The van der Waals surface area contributed by atoms with Gasteiger partial charge in [0.1, 0.15) is 16.9 Å². The third kappa shape index (κ3) is 2.19. The van der Waals surface area contributed by atoms with Crippen LogP contribution in [0.3, 0.4) is 0 Å². The first-order valence-corrected chi connectivity index (χ1v) is 3.97. The second kappa shape index (κ2) is 4.19. The highest BCUT2D eigenvalue weighted by Gasteiger charge is 2.23. The molecule has 0 aliphatic heterocycles. The number of alkyl halides is 2. The lowest BCUT2D eigenvalue weighted by Crippen LogP contribution is -2.06. The average molecular weight is 233 g/mol. The first-order chi connectivity index (χ1) is 6.97. The van der Waals surface area contributed by atoms with Crippen molar-refractivity contribution in [2.24, 2.45) is 0 Å². The van der Waals surface area contributed by atoms with Gasteiger partial charge in [0.2, 0.25) is 0 Å². The molecule has 0 saturated heterocycles. The van der Waals surface area contributed by atoms with Gasteiger partial charge in [0.25, 0.3) is 6.43 Å². The highest BCUT2D eigenvalue weighted by atomic mass is 35.5. The molecule has 0 radical (unpaired) electrons. The predicted molar refractivity (Wildman–Crippen MR) is 45.9 cm³/mol. The minimum Gasteiger partial charge on any atom is -0.478 e. The second-order valence-corrected chi connectivity index (χ2v) is 2.84. The summed E-state index contributed by atoms with van der Waals surface area (Å²) in [5.74, 6) is -1.58. The Labute approximate surface area is 87.7 Å².